The quantitative estimate of drug-likeness (QED) is 0.632. The molecule has 1 unspecified atom stereocenters. The topological polar surface area (TPSA) is 95.6 Å². The van der Waals surface area contributed by atoms with Crippen molar-refractivity contribution in [2.45, 2.75) is 37.1 Å². The molecule has 2 amide bonds. The molecule has 1 aliphatic heterocycles. The zero-order valence-electron chi connectivity index (χ0n) is 17.2. The summed E-state index contributed by atoms with van der Waals surface area (Å²) in [5.41, 5.74) is 0.427. The summed E-state index contributed by atoms with van der Waals surface area (Å²) in [5.74, 6) is 0.301. The van der Waals surface area contributed by atoms with E-state index in [0.29, 0.717) is 24.6 Å². The summed E-state index contributed by atoms with van der Waals surface area (Å²) in [7, 11) is -3.65. The van der Waals surface area contributed by atoms with Crippen LogP contribution in [0.2, 0.25) is 0 Å². The molecule has 0 radical (unpaired) electrons. The van der Waals surface area contributed by atoms with Gasteiger partial charge >= 0.3 is 0 Å². The molecule has 31 heavy (non-hydrogen) atoms. The van der Waals surface area contributed by atoms with Crippen molar-refractivity contribution in [3.8, 4) is 0 Å². The molecule has 2 aliphatic rings. The van der Waals surface area contributed by atoms with E-state index < -0.39 is 10.0 Å². The first-order valence-corrected chi connectivity index (χ1v) is 13.0. The highest BCUT2D eigenvalue weighted by atomic mass is 32.2. The zero-order chi connectivity index (χ0) is 21.8. The van der Waals surface area contributed by atoms with Crippen LogP contribution in [0, 0.1) is 11.8 Å². The number of hydrogen-bond acceptors (Lipinski definition) is 5. The lowest BCUT2D eigenvalue weighted by molar-refractivity contribution is -0.126. The van der Waals surface area contributed by atoms with Crippen molar-refractivity contribution in [3.05, 3.63) is 52.2 Å². The predicted molar refractivity (Wildman–Crippen MR) is 119 cm³/mol. The minimum Gasteiger partial charge on any atom is -0.356 e. The van der Waals surface area contributed by atoms with Crippen LogP contribution in [0.1, 0.15) is 40.9 Å². The molecule has 2 fully saturated rings. The van der Waals surface area contributed by atoms with Gasteiger partial charge in [-0.15, -0.1) is 11.3 Å². The number of benzene rings is 1. The van der Waals surface area contributed by atoms with E-state index >= 15 is 0 Å². The molecule has 1 aromatic carbocycles. The molecule has 1 aliphatic carbocycles. The Morgan fingerprint density at radius 3 is 2.55 bits per heavy atom. The van der Waals surface area contributed by atoms with E-state index in [2.05, 4.69) is 10.0 Å². The predicted octanol–water partition coefficient (Wildman–Crippen LogP) is 2.61. The smallest absolute Gasteiger partial charge is 0.253 e. The Morgan fingerprint density at radius 2 is 1.87 bits per heavy atom. The number of carbonyl (C=O) groups is 2. The average Bonchev–Trinajstić information content (AvgIpc) is 3.48. The van der Waals surface area contributed by atoms with Crippen LogP contribution in [-0.2, 0) is 21.4 Å². The third-order valence-electron chi connectivity index (χ3n) is 5.77. The molecule has 0 bridgehead atoms. The van der Waals surface area contributed by atoms with Gasteiger partial charge in [0.2, 0.25) is 15.9 Å². The van der Waals surface area contributed by atoms with Gasteiger partial charge in [-0.1, -0.05) is 6.07 Å². The number of nitrogens with one attached hydrogen (secondary N) is 2. The highest BCUT2D eigenvalue weighted by molar-refractivity contribution is 7.89. The minimum absolute atomic E-state index is 0.0302. The molecule has 1 saturated carbocycles. The Bertz CT molecular complexity index is 1020. The fourth-order valence-electron chi connectivity index (χ4n) is 3.71. The largest absolute Gasteiger partial charge is 0.356 e. The van der Waals surface area contributed by atoms with Gasteiger partial charge in [0.1, 0.15) is 0 Å². The molecule has 1 atom stereocenters. The maximum Gasteiger partial charge on any atom is 0.253 e. The highest BCUT2D eigenvalue weighted by Crippen LogP contribution is 2.28. The molecule has 0 spiro atoms. The number of sulfonamides is 1. The van der Waals surface area contributed by atoms with Crippen molar-refractivity contribution >= 4 is 33.2 Å². The SMILES string of the molecule is O=C(NCC1CC1)C1CCCN(C(=O)c2ccc(S(=O)(=O)NCc3cccs3)cc2)C1. The summed E-state index contributed by atoms with van der Waals surface area (Å²) in [4.78, 5) is 28.1. The number of likely N-dealkylation sites (tertiary alicyclic amines) is 1. The lowest BCUT2D eigenvalue weighted by Gasteiger charge is -2.32. The van der Waals surface area contributed by atoms with E-state index in [9.17, 15) is 18.0 Å². The molecule has 1 aromatic heterocycles. The van der Waals surface area contributed by atoms with Gasteiger partial charge in [-0.3, -0.25) is 9.59 Å². The Labute approximate surface area is 186 Å². The second-order valence-electron chi connectivity index (χ2n) is 8.21. The molecule has 2 heterocycles. The second kappa shape index (κ2) is 9.50. The Hall–Kier alpha value is -2.23. The average molecular weight is 462 g/mol. The number of carbonyl (C=O) groups excluding carboxylic acids is 2. The Morgan fingerprint density at radius 1 is 1.10 bits per heavy atom. The molecule has 2 aromatic rings. The molecule has 9 heteroatoms. The normalized spacial score (nSPS) is 19.2. The molecule has 4 rings (SSSR count). The summed E-state index contributed by atoms with van der Waals surface area (Å²) in [6, 6.07) is 9.73. The van der Waals surface area contributed by atoms with Crippen LogP contribution in [-0.4, -0.2) is 44.8 Å². The number of thiophene rings is 1. The zero-order valence-corrected chi connectivity index (χ0v) is 18.9. The van der Waals surface area contributed by atoms with Crippen LogP contribution >= 0.6 is 11.3 Å². The van der Waals surface area contributed by atoms with E-state index in [4.69, 9.17) is 0 Å². The first-order valence-electron chi connectivity index (χ1n) is 10.6. The number of amides is 2. The van der Waals surface area contributed by atoms with Gasteiger partial charge in [0, 0.05) is 36.6 Å². The third kappa shape index (κ3) is 5.72. The van der Waals surface area contributed by atoms with E-state index in [0.717, 1.165) is 24.3 Å². The first kappa shape index (κ1) is 22.0. The van der Waals surface area contributed by atoms with Gasteiger partial charge in [-0.25, -0.2) is 13.1 Å². The Kier molecular flexibility index (Phi) is 6.74. The number of rotatable bonds is 8. The van der Waals surface area contributed by atoms with Crippen molar-refractivity contribution in [2.75, 3.05) is 19.6 Å². The van der Waals surface area contributed by atoms with Crippen LogP contribution in [0.5, 0.6) is 0 Å². The first-order chi connectivity index (χ1) is 14.9. The summed E-state index contributed by atoms with van der Waals surface area (Å²) in [6.07, 6.45) is 3.94. The molecular formula is C22H27N3O4S2. The van der Waals surface area contributed by atoms with Crippen LogP contribution in [0.25, 0.3) is 0 Å². The summed E-state index contributed by atoms with van der Waals surface area (Å²) in [6.45, 7) is 1.98. The lowest BCUT2D eigenvalue weighted by Crippen LogP contribution is -2.45. The van der Waals surface area contributed by atoms with Crippen molar-refractivity contribution < 1.29 is 18.0 Å². The van der Waals surface area contributed by atoms with Crippen molar-refractivity contribution in [1.29, 1.82) is 0 Å². The van der Waals surface area contributed by atoms with Gasteiger partial charge in [0.15, 0.2) is 0 Å². The third-order valence-corrected chi connectivity index (χ3v) is 8.06. The molecule has 166 valence electrons. The molecule has 1 saturated heterocycles. The Balaban J connectivity index is 1.35. The number of nitrogens with zero attached hydrogens (tertiary/aromatic N) is 1. The maximum atomic E-state index is 12.9. The second-order valence-corrected chi connectivity index (χ2v) is 11.0. The monoisotopic (exact) mass is 461 g/mol. The summed E-state index contributed by atoms with van der Waals surface area (Å²) >= 11 is 1.48. The highest BCUT2D eigenvalue weighted by Gasteiger charge is 2.30. The standard InChI is InChI=1S/C22H27N3O4S2/c26-21(23-13-16-5-6-16)18-3-1-11-25(15-18)22(27)17-7-9-20(10-8-17)31(28,29)24-14-19-4-2-12-30-19/h2,4,7-10,12,16,18,24H,1,3,5-6,11,13-15H2,(H,23,26). The molecular weight excluding hydrogens is 434 g/mol. The van der Waals surface area contributed by atoms with Crippen LogP contribution in [0.3, 0.4) is 0 Å². The van der Waals surface area contributed by atoms with E-state index in [-0.39, 0.29) is 29.2 Å². The van der Waals surface area contributed by atoms with Crippen LogP contribution in [0.15, 0.2) is 46.7 Å². The van der Waals surface area contributed by atoms with E-state index in [1.165, 1.54) is 36.3 Å². The molecule has 2 N–H and O–H groups in total. The lowest BCUT2D eigenvalue weighted by atomic mass is 9.96. The van der Waals surface area contributed by atoms with Crippen molar-refractivity contribution in [2.24, 2.45) is 11.8 Å². The van der Waals surface area contributed by atoms with E-state index in [1.54, 1.807) is 17.0 Å². The van der Waals surface area contributed by atoms with Gasteiger partial charge < -0.3 is 10.2 Å². The fraction of sp³-hybridized carbons (Fsp3) is 0.455. The number of hydrogen-bond donors (Lipinski definition) is 2. The van der Waals surface area contributed by atoms with Gasteiger partial charge in [-0.2, -0.15) is 0 Å². The summed E-state index contributed by atoms with van der Waals surface area (Å²) < 4.78 is 27.6. The van der Waals surface area contributed by atoms with Gasteiger partial charge in [0.25, 0.3) is 5.91 Å². The van der Waals surface area contributed by atoms with Gasteiger partial charge in [-0.05, 0) is 67.3 Å². The number of piperidine rings is 1. The van der Waals surface area contributed by atoms with Crippen LogP contribution in [0.4, 0.5) is 0 Å². The summed E-state index contributed by atoms with van der Waals surface area (Å²) in [5, 5.41) is 4.90. The molecule has 7 nitrogen and oxygen atoms in total. The van der Waals surface area contributed by atoms with Crippen molar-refractivity contribution in [3.63, 3.8) is 0 Å². The van der Waals surface area contributed by atoms with E-state index in [1.807, 2.05) is 17.5 Å². The van der Waals surface area contributed by atoms with Gasteiger partial charge in [0.05, 0.1) is 10.8 Å². The fourth-order valence-corrected chi connectivity index (χ4v) is 5.45. The minimum atomic E-state index is -3.65. The van der Waals surface area contributed by atoms with Crippen LogP contribution < -0.4 is 10.0 Å². The van der Waals surface area contributed by atoms with Crippen molar-refractivity contribution in [1.82, 2.24) is 14.9 Å². The maximum absolute atomic E-state index is 12.9.